The van der Waals surface area contributed by atoms with Gasteiger partial charge in [-0.2, -0.15) is 0 Å². The number of rotatable bonds is 4. The molecular weight excluding hydrogens is 164 g/mol. The van der Waals surface area contributed by atoms with E-state index in [9.17, 15) is 8.42 Å². The van der Waals surface area contributed by atoms with E-state index in [1.807, 2.05) is 0 Å². The Labute approximate surface area is 68.3 Å². The summed E-state index contributed by atoms with van der Waals surface area (Å²) in [6.07, 6.45) is -0.279. The van der Waals surface area contributed by atoms with E-state index in [1.54, 1.807) is 13.8 Å². The quantitative estimate of drug-likeness (QED) is 0.688. The topological polar surface area (TPSA) is 54.4 Å². The molecule has 0 aromatic rings. The van der Waals surface area contributed by atoms with E-state index in [1.165, 1.54) is 6.92 Å². The molecule has 0 heterocycles. The predicted molar refractivity (Wildman–Crippen MR) is 45.2 cm³/mol. The van der Waals surface area contributed by atoms with Crippen LogP contribution in [0.2, 0.25) is 0 Å². The van der Waals surface area contributed by atoms with Crippen molar-refractivity contribution in [3.05, 3.63) is 0 Å². The molecule has 68 valence electrons. The van der Waals surface area contributed by atoms with Gasteiger partial charge in [-0.15, -0.1) is 0 Å². The second kappa shape index (κ2) is 4.07. The van der Waals surface area contributed by atoms with Crippen molar-refractivity contribution in [2.75, 3.05) is 5.75 Å². The van der Waals surface area contributed by atoms with Crippen LogP contribution in [0.4, 0.5) is 0 Å². The molecule has 0 saturated heterocycles. The van der Waals surface area contributed by atoms with E-state index in [0.29, 0.717) is 6.42 Å². The third kappa shape index (κ3) is 2.79. The maximum absolute atomic E-state index is 11.2. The third-order valence-electron chi connectivity index (χ3n) is 1.80. The van der Waals surface area contributed by atoms with Gasteiger partial charge in [-0.05, 0) is 13.3 Å². The van der Waals surface area contributed by atoms with Crippen molar-refractivity contribution in [3.63, 3.8) is 0 Å². The molecule has 0 saturated carbocycles. The fourth-order valence-corrected chi connectivity index (χ4v) is 2.65. The van der Waals surface area contributed by atoms with E-state index in [-0.39, 0.29) is 5.75 Å². The molecule has 0 aliphatic heterocycles. The van der Waals surface area contributed by atoms with Crippen molar-refractivity contribution in [3.8, 4) is 0 Å². The van der Waals surface area contributed by atoms with Crippen LogP contribution < -0.4 is 0 Å². The van der Waals surface area contributed by atoms with E-state index >= 15 is 0 Å². The fraction of sp³-hybridized carbons (Fsp3) is 1.00. The summed E-state index contributed by atoms with van der Waals surface area (Å²) in [5.74, 6) is 0.108. The van der Waals surface area contributed by atoms with Gasteiger partial charge in [0.15, 0.2) is 9.84 Å². The number of aliphatic hydroxyl groups is 1. The smallest absolute Gasteiger partial charge is 0.155 e. The number of aliphatic hydroxyl groups excluding tert-OH is 1. The van der Waals surface area contributed by atoms with Crippen LogP contribution in [-0.2, 0) is 9.84 Å². The summed E-state index contributed by atoms with van der Waals surface area (Å²) in [4.78, 5) is 0. The lowest BCUT2D eigenvalue weighted by atomic mass is 10.2. The summed E-state index contributed by atoms with van der Waals surface area (Å²) in [5.41, 5.74) is 0. The standard InChI is InChI=1S/C7H16O3S/c1-4-7(6(3)8)11(9,10)5-2/h6-8H,4-5H2,1-3H3/t6-,7-/m1/s1. The van der Waals surface area contributed by atoms with Gasteiger partial charge >= 0.3 is 0 Å². The average molecular weight is 180 g/mol. The molecule has 0 aliphatic carbocycles. The van der Waals surface area contributed by atoms with Gasteiger partial charge in [0.1, 0.15) is 0 Å². The lowest BCUT2D eigenvalue weighted by Gasteiger charge is -2.16. The van der Waals surface area contributed by atoms with E-state index < -0.39 is 21.2 Å². The van der Waals surface area contributed by atoms with E-state index in [0.717, 1.165) is 0 Å². The highest BCUT2D eigenvalue weighted by Crippen LogP contribution is 2.10. The zero-order valence-electron chi connectivity index (χ0n) is 7.24. The number of hydrogen-bond acceptors (Lipinski definition) is 3. The first kappa shape index (κ1) is 10.9. The van der Waals surface area contributed by atoms with Crippen LogP contribution >= 0.6 is 0 Å². The Bertz CT molecular complexity index is 194. The Morgan fingerprint density at radius 2 is 1.82 bits per heavy atom. The molecule has 0 aromatic heterocycles. The van der Waals surface area contributed by atoms with Gasteiger partial charge in [0.25, 0.3) is 0 Å². The van der Waals surface area contributed by atoms with Crippen molar-refractivity contribution in [2.45, 2.75) is 38.5 Å². The maximum Gasteiger partial charge on any atom is 0.155 e. The molecule has 0 amide bonds. The summed E-state index contributed by atoms with van der Waals surface area (Å²) < 4.78 is 22.4. The second-order valence-electron chi connectivity index (χ2n) is 2.64. The van der Waals surface area contributed by atoms with Gasteiger partial charge in [0.05, 0.1) is 11.4 Å². The molecule has 11 heavy (non-hydrogen) atoms. The summed E-state index contributed by atoms with van der Waals surface area (Å²) in [5, 5.41) is 8.51. The van der Waals surface area contributed by atoms with Crippen LogP contribution in [0, 0.1) is 0 Å². The summed E-state index contributed by atoms with van der Waals surface area (Å²) in [7, 11) is -3.06. The van der Waals surface area contributed by atoms with Gasteiger partial charge in [-0.25, -0.2) is 8.42 Å². The molecule has 0 unspecified atom stereocenters. The first-order valence-electron chi connectivity index (χ1n) is 3.85. The first-order chi connectivity index (χ1) is 4.95. The van der Waals surface area contributed by atoms with Crippen LogP contribution in [0.25, 0.3) is 0 Å². The van der Waals surface area contributed by atoms with Crippen LogP contribution in [0.5, 0.6) is 0 Å². The fourth-order valence-electron chi connectivity index (χ4n) is 1.11. The summed E-state index contributed by atoms with van der Waals surface area (Å²) in [6.45, 7) is 4.88. The molecule has 0 aliphatic rings. The summed E-state index contributed by atoms with van der Waals surface area (Å²) >= 11 is 0. The molecule has 0 bridgehead atoms. The van der Waals surface area contributed by atoms with Crippen molar-refractivity contribution in [1.82, 2.24) is 0 Å². The molecule has 1 N–H and O–H groups in total. The Kier molecular flexibility index (Phi) is 4.03. The van der Waals surface area contributed by atoms with Gasteiger partial charge in [-0.3, -0.25) is 0 Å². The van der Waals surface area contributed by atoms with Crippen LogP contribution in [-0.4, -0.2) is 30.6 Å². The minimum absolute atomic E-state index is 0.108. The third-order valence-corrected chi connectivity index (χ3v) is 4.26. The van der Waals surface area contributed by atoms with Gasteiger partial charge in [0.2, 0.25) is 0 Å². The van der Waals surface area contributed by atoms with Crippen LogP contribution in [0.3, 0.4) is 0 Å². The lowest BCUT2D eigenvalue weighted by molar-refractivity contribution is 0.186. The zero-order valence-corrected chi connectivity index (χ0v) is 8.06. The zero-order chi connectivity index (χ0) is 9.07. The first-order valence-corrected chi connectivity index (χ1v) is 5.56. The molecule has 0 radical (unpaired) electrons. The molecule has 2 atom stereocenters. The SMILES string of the molecule is CC[C@H]([C@@H](C)O)S(=O)(=O)CC. The Morgan fingerprint density at radius 1 is 1.36 bits per heavy atom. The highest BCUT2D eigenvalue weighted by Gasteiger charge is 2.25. The lowest BCUT2D eigenvalue weighted by Crippen LogP contribution is -2.32. The van der Waals surface area contributed by atoms with Gasteiger partial charge < -0.3 is 5.11 Å². The second-order valence-corrected chi connectivity index (χ2v) is 5.15. The maximum atomic E-state index is 11.2. The van der Waals surface area contributed by atoms with E-state index in [2.05, 4.69) is 0 Å². The van der Waals surface area contributed by atoms with Gasteiger partial charge in [0, 0.05) is 5.75 Å². The van der Waals surface area contributed by atoms with Crippen molar-refractivity contribution < 1.29 is 13.5 Å². The molecule has 0 rings (SSSR count). The molecule has 0 spiro atoms. The van der Waals surface area contributed by atoms with Crippen LogP contribution in [0.15, 0.2) is 0 Å². The predicted octanol–water partition coefficient (Wildman–Crippen LogP) is 0.581. The molecule has 3 nitrogen and oxygen atoms in total. The largest absolute Gasteiger partial charge is 0.392 e. The highest BCUT2D eigenvalue weighted by molar-refractivity contribution is 7.92. The van der Waals surface area contributed by atoms with Crippen molar-refractivity contribution in [1.29, 1.82) is 0 Å². The Balaban J connectivity index is 4.51. The average Bonchev–Trinajstić information content (AvgIpc) is 1.88. The van der Waals surface area contributed by atoms with Crippen molar-refractivity contribution in [2.24, 2.45) is 0 Å². The number of sulfone groups is 1. The van der Waals surface area contributed by atoms with Crippen molar-refractivity contribution >= 4 is 9.84 Å². The highest BCUT2D eigenvalue weighted by atomic mass is 32.2. The van der Waals surface area contributed by atoms with Gasteiger partial charge in [-0.1, -0.05) is 13.8 Å². The molecule has 0 aromatic carbocycles. The molecule has 4 heteroatoms. The number of hydrogen-bond donors (Lipinski definition) is 1. The molecular formula is C7H16O3S. The van der Waals surface area contributed by atoms with E-state index in [4.69, 9.17) is 5.11 Å². The van der Waals surface area contributed by atoms with Crippen LogP contribution in [0.1, 0.15) is 27.2 Å². The summed E-state index contributed by atoms with van der Waals surface area (Å²) in [6, 6.07) is 0. The Hall–Kier alpha value is -0.0900. The normalized spacial score (nSPS) is 17.8. The molecule has 0 fully saturated rings. The monoisotopic (exact) mass is 180 g/mol. The Morgan fingerprint density at radius 3 is 1.91 bits per heavy atom. The minimum Gasteiger partial charge on any atom is -0.392 e. The minimum atomic E-state index is -3.06.